The number of halogens is 1. The summed E-state index contributed by atoms with van der Waals surface area (Å²) in [5, 5.41) is 0. The summed E-state index contributed by atoms with van der Waals surface area (Å²) in [6, 6.07) is 0. The number of alkyl halides is 1. The fourth-order valence-electron chi connectivity index (χ4n) is 0. The minimum atomic E-state index is -0.312. The SMILES string of the molecule is NC(=O)C([SiH2])Br. The topological polar surface area (TPSA) is 43.1 Å². The van der Waals surface area contributed by atoms with E-state index in [1.54, 1.807) is 0 Å². The Morgan fingerprint density at radius 3 is 2.17 bits per heavy atom. The Hall–Kier alpha value is 0.167. The average Bonchev–Trinajstić information content (AvgIpc) is 1.36. The van der Waals surface area contributed by atoms with Gasteiger partial charge in [-0.05, 0) is 0 Å². The molecule has 0 aliphatic heterocycles. The zero-order valence-electron chi connectivity index (χ0n) is 3.15. The fourth-order valence-corrected chi connectivity index (χ4v) is 0. The maximum absolute atomic E-state index is 9.88. The molecule has 0 saturated heterocycles. The number of nitrogens with two attached hydrogens (primary N) is 1. The molecule has 0 heterocycles. The van der Waals surface area contributed by atoms with Gasteiger partial charge in [0.1, 0.15) is 0 Å². The van der Waals surface area contributed by atoms with Gasteiger partial charge in [0.15, 0.2) is 0 Å². The zero-order chi connectivity index (χ0) is 5.15. The molecule has 0 aliphatic carbocycles. The Labute approximate surface area is 47.6 Å². The Morgan fingerprint density at radius 2 is 2.17 bits per heavy atom. The van der Waals surface area contributed by atoms with Gasteiger partial charge in [-0.1, -0.05) is 15.9 Å². The number of hydrogen-bond donors (Lipinski definition) is 1. The van der Waals surface area contributed by atoms with E-state index in [4.69, 9.17) is 5.73 Å². The van der Waals surface area contributed by atoms with Crippen molar-refractivity contribution < 1.29 is 4.79 Å². The first-order chi connectivity index (χ1) is 2.64. The summed E-state index contributed by atoms with van der Waals surface area (Å²) < 4.78 is -0.169. The molecule has 0 aromatic carbocycles. The molecular weight excluding hydrogens is 162 g/mol. The monoisotopic (exact) mass is 166 g/mol. The highest BCUT2D eigenvalue weighted by Gasteiger charge is 1.98. The van der Waals surface area contributed by atoms with E-state index in [2.05, 4.69) is 15.9 Å². The smallest absolute Gasteiger partial charge is 0.227 e. The lowest BCUT2D eigenvalue weighted by Crippen LogP contribution is -2.22. The first kappa shape index (κ1) is 6.17. The highest BCUT2D eigenvalue weighted by Crippen LogP contribution is 1.87. The van der Waals surface area contributed by atoms with Crippen molar-refractivity contribution in [1.29, 1.82) is 0 Å². The first-order valence-electron chi connectivity index (χ1n) is 1.41. The normalized spacial score (nSPS) is 13.7. The first-order valence-corrected chi connectivity index (χ1v) is 3.14. The van der Waals surface area contributed by atoms with Gasteiger partial charge in [-0.25, -0.2) is 0 Å². The van der Waals surface area contributed by atoms with Crippen molar-refractivity contribution in [3.8, 4) is 0 Å². The molecule has 0 fully saturated rings. The standard InChI is InChI=1S/C2H5BrNOSi/c3-1(6)2(4)5/h1H,6H2,(H2,4,5). The molecule has 35 valence electrons. The van der Waals surface area contributed by atoms with Crippen LogP contribution in [0, 0.1) is 0 Å². The molecule has 0 spiro atoms. The van der Waals surface area contributed by atoms with Crippen molar-refractivity contribution in [2.45, 2.75) is 4.45 Å². The third-order valence-corrected chi connectivity index (χ3v) is 1.16. The highest BCUT2D eigenvalue weighted by molar-refractivity contribution is 9.10. The Kier molecular flexibility index (Phi) is 2.42. The van der Waals surface area contributed by atoms with Crippen LogP contribution in [0.5, 0.6) is 0 Å². The maximum Gasteiger partial charge on any atom is 0.227 e. The van der Waals surface area contributed by atoms with Crippen LogP contribution in [0.1, 0.15) is 0 Å². The highest BCUT2D eigenvalue weighted by atomic mass is 79.9. The van der Waals surface area contributed by atoms with Crippen LogP contribution >= 0.6 is 15.9 Å². The number of amides is 1. The number of hydrogen-bond acceptors (Lipinski definition) is 1. The van der Waals surface area contributed by atoms with E-state index in [1.165, 1.54) is 10.2 Å². The second kappa shape index (κ2) is 2.36. The lowest BCUT2D eigenvalue weighted by atomic mass is 10.8. The van der Waals surface area contributed by atoms with Gasteiger partial charge in [-0.15, -0.1) is 0 Å². The molecule has 0 bridgehead atoms. The lowest BCUT2D eigenvalue weighted by Gasteiger charge is -1.88. The average molecular weight is 167 g/mol. The third-order valence-electron chi connectivity index (χ3n) is 0.309. The zero-order valence-corrected chi connectivity index (χ0v) is 6.15. The van der Waals surface area contributed by atoms with E-state index < -0.39 is 0 Å². The summed E-state index contributed by atoms with van der Waals surface area (Å²) in [5.74, 6) is -0.312. The summed E-state index contributed by atoms with van der Waals surface area (Å²) in [4.78, 5) is 9.88. The van der Waals surface area contributed by atoms with Crippen LogP contribution in [0.15, 0.2) is 0 Å². The molecule has 0 aliphatic rings. The summed E-state index contributed by atoms with van der Waals surface area (Å²) in [6.45, 7) is 0. The van der Waals surface area contributed by atoms with Gasteiger partial charge in [-0.2, -0.15) is 0 Å². The van der Waals surface area contributed by atoms with Crippen molar-refractivity contribution in [3.63, 3.8) is 0 Å². The van der Waals surface area contributed by atoms with Crippen LogP contribution in [0.4, 0.5) is 0 Å². The summed E-state index contributed by atoms with van der Waals surface area (Å²) in [6.07, 6.45) is 0. The Bertz CT molecular complexity index is 64.6. The van der Waals surface area contributed by atoms with E-state index in [1.807, 2.05) is 0 Å². The summed E-state index contributed by atoms with van der Waals surface area (Å²) in [5.41, 5.74) is 4.76. The molecular formula is C2H5BrNOSi. The fraction of sp³-hybridized carbons (Fsp3) is 0.500. The molecule has 2 N–H and O–H groups in total. The van der Waals surface area contributed by atoms with Crippen LogP contribution in [0.3, 0.4) is 0 Å². The molecule has 1 radical (unpaired) electrons. The van der Waals surface area contributed by atoms with Gasteiger partial charge in [0.05, 0.1) is 4.45 Å². The van der Waals surface area contributed by atoms with Crippen molar-refractivity contribution in [2.75, 3.05) is 0 Å². The minimum Gasteiger partial charge on any atom is -0.369 e. The summed E-state index contributed by atoms with van der Waals surface area (Å²) in [7, 11) is 1.51. The van der Waals surface area contributed by atoms with Crippen molar-refractivity contribution in [3.05, 3.63) is 0 Å². The van der Waals surface area contributed by atoms with Gasteiger partial charge in [0.25, 0.3) is 0 Å². The van der Waals surface area contributed by atoms with E-state index in [9.17, 15) is 4.79 Å². The molecule has 0 saturated carbocycles. The van der Waals surface area contributed by atoms with Gasteiger partial charge in [0.2, 0.25) is 5.91 Å². The maximum atomic E-state index is 9.88. The van der Waals surface area contributed by atoms with Crippen LogP contribution in [-0.2, 0) is 4.79 Å². The third kappa shape index (κ3) is 2.41. The quantitative estimate of drug-likeness (QED) is 0.388. The molecule has 0 rings (SSSR count). The van der Waals surface area contributed by atoms with Gasteiger partial charge >= 0.3 is 0 Å². The summed E-state index contributed by atoms with van der Waals surface area (Å²) >= 11 is 2.98. The Balaban J connectivity index is 3.26. The minimum absolute atomic E-state index is 0.169. The Morgan fingerprint density at radius 1 is 2.00 bits per heavy atom. The van der Waals surface area contributed by atoms with Crippen molar-refractivity contribution >= 4 is 32.1 Å². The lowest BCUT2D eigenvalue weighted by molar-refractivity contribution is -0.116. The molecule has 6 heavy (non-hydrogen) atoms. The molecule has 4 heteroatoms. The van der Waals surface area contributed by atoms with Crippen LogP contribution in [0.2, 0.25) is 0 Å². The number of primary amides is 1. The number of carbonyl (C=O) groups is 1. The van der Waals surface area contributed by atoms with E-state index in [-0.39, 0.29) is 10.4 Å². The van der Waals surface area contributed by atoms with Gasteiger partial charge in [-0.3, -0.25) is 4.79 Å². The molecule has 1 amide bonds. The van der Waals surface area contributed by atoms with Crippen LogP contribution in [-0.4, -0.2) is 20.6 Å². The number of rotatable bonds is 1. The predicted molar refractivity (Wildman–Crippen MR) is 30.5 cm³/mol. The second-order valence-electron chi connectivity index (χ2n) is 0.870. The molecule has 1 unspecified atom stereocenters. The van der Waals surface area contributed by atoms with Gasteiger partial charge < -0.3 is 5.73 Å². The number of carbonyl (C=O) groups excluding carboxylic acids is 1. The molecule has 2 nitrogen and oxygen atoms in total. The van der Waals surface area contributed by atoms with Crippen molar-refractivity contribution in [1.82, 2.24) is 0 Å². The molecule has 1 atom stereocenters. The van der Waals surface area contributed by atoms with Gasteiger partial charge in [0, 0.05) is 10.2 Å². The van der Waals surface area contributed by atoms with E-state index >= 15 is 0 Å². The second-order valence-corrected chi connectivity index (χ2v) is 3.99. The van der Waals surface area contributed by atoms with Crippen LogP contribution < -0.4 is 5.73 Å². The molecule has 0 aromatic heterocycles. The largest absolute Gasteiger partial charge is 0.369 e. The van der Waals surface area contributed by atoms with Crippen molar-refractivity contribution in [2.24, 2.45) is 5.73 Å². The molecule has 0 aromatic rings. The van der Waals surface area contributed by atoms with E-state index in [0.717, 1.165) is 0 Å². The van der Waals surface area contributed by atoms with Crippen LogP contribution in [0.25, 0.3) is 0 Å². The predicted octanol–water partition coefficient (Wildman–Crippen LogP) is -1.17. The van der Waals surface area contributed by atoms with E-state index in [0.29, 0.717) is 0 Å².